The zero-order valence-corrected chi connectivity index (χ0v) is 8.61. The molecule has 0 radical (unpaired) electrons. The SMILES string of the molecule is C/C=C/CNc1cc(F)c(Cl)cc1N. The molecule has 3 N–H and O–H groups in total. The van der Waals surface area contributed by atoms with Crippen LogP contribution in [0.4, 0.5) is 15.8 Å². The molecule has 0 saturated carbocycles. The molecule has 76 valence electrons. The Kier molecular flexibility index (Phi) is 3.77. The standard InChI is InChI=1S/C10H12ClFN2/c1-2-3-4-14-10-6-8(12)7(11)5-9(10)13/h2-3,5-6,14H,4,13H2,1H3/b3-2+. The molecule has 0 bridgehead atoms. The fraction of sp³-hybridized carbons (Fsp3) is 0.200. The van der Waals surface area contributed by atoms with Crippen molar-refractivity contribution >= 4 is 23.0 Å². The molecule has 0 fully saturated rings. The molecule has 0 aromatic heterocycles. The van der Waals surface area contributed by atoms with Gasteiger partial charge in [0, 0.05) is 12.6 Å². The molecule has 0 aliphatic heterocycles. The topological polar surface area (TPSA) is 38.0 Å². The molecule has 0 aliphatic carbocycles. The molecule has 0 spiro atoms. The molecule has 1 aromatic carbocycles. The van der Waals surface area contributed by atoms with Gasteiger partial charge in [-0.2, -0.15) is 0 Å². The summed E-state index contributed by atoms with van der Waals surface area (Å²) in [5.41, 5.74) is 6.64. The maximum atomic E-state index is 13.0. The van der Waals surface area contributed by atoms with Gasteiger partial charge in [-0.1, -0.05) is 23.8 Å². The molecule has 0 amide bonds. The van der Waals surface area contributed by atoms with Gasteiger partial charge in [0.1, 0.15) is 5.82 Å². The maximum Gasteiger partial charge on any atom is 0.143 e. The van der Waals surface area contributed by atoms with Crippen LogP contribution in [0.25, 0.3) is 0 Å². The van der Waals surface area contributed by atoms with E-state index in [2.05, 4.69) is 5.32 Å². The summed E-state index contributed by atoms with van der Waals surface area (Å²) in [4.78, 5) is 0. The summed E-state index contributed by atoms with van der Waals surface area (Å²) in [5, 5.41) is 3.01. The third-order valence-corrected chi connectivity index (χ3v) is 2.03. The van der Waals surface area contributed by atoms with Gasteiger partial charge in [-0.15, -0.1) is 0 Å². The van der Waals surface area contributed by atoms with Gasteiger partial charge < -0.3 is 11.1 Å². The highest BCUT2D eigenvalue weighted by Gasteiger charge is 2.04. The first-order valence-corrected chi connectivity index (χ1v) is 4.62. The van der Waals surface area contributed by atoms with Crippen molar-refractivity contribution in [3.63, 3.8) is 0 Å². The van der Waals surface area contributed by atoms with Crippen molar-refractivity contribution in [1.29, 1.82) is 0 Å². The number of rotatable bonds is 3. The average Bonchev–Trinajstić information content (AvgIpc) is 2.14. The maximum absolute atomic E-state index is 13.0. The van der Waals surface area contributed by atoms with Crippen LogP contribution in [0.1, 0.15) is 6.92 Å². The van der Waals surface area contributed by atoms with E-state index < -0.39 is 5.82 Å². The fourth-order valence-corrected chi connectivity index (χ4v) is 1.17. The van der Waals surface area contributed by atoms with Crippen LogP contribution in [0.3, 0.4) is 0 Å². The number of allylic oxidation sites excluding steroid dienone is 1. The first-order valence-electron chi connectivity index (χ1n) is 4.24. The Balaban J connectivity index is 2.81. The van der Waals surface area contributed by atoms with Crippen molar-refractivity contribution in [3.8, 4) is 0 Å². The van der Waals surface area contributed by atoms with Crippen LogP contribution < -0.4 is 11.1 Å². The molecule has 14 heavy (non-hydrogen) atoms. The van der Waals surface area contributed by atoms with E-state index in [1.54, 1.807) is 0 Å². The zero-order chi connectivity index (χ0) is 10.6. The first kappa shape index (κ1) is 10.9. The number of nitrogens with one attached hydrogen (secondary N) is 1. The summed E-state index contributed by atoms with van der Waals surface area (Å²) in [6.45, 7) is 2.52. The Morgan fingerprint density at radius 1 is 1.57 bits per heavy atom. The second kappa shape index (κ2) is 4.86. The predicted molar refractivity (Wildman–Crippen MR) is 59.1 cm³/mol. The molecule has 0 unspecified atom stereocenters. The van der Waals surface area contributed by atoms with E-state index in [0.717, 1.165) is 0 Å². The van der Waals surface area contributed by atoms with Gasteiger partial charge in [0.05, 0.1) is 16.4 Å². The summed E-state index contributed by atoms with van der Waals surface area (Å²) < 4.78 is 13.0. The van der Waals surface area contributed by atoms with E-state index in [4.69, 9.17) is 17.3 Å². The molecule has 1 aromatic rings. The summed E-state index contributed by atoms with van der Waals surface area (Å²) in [6.07, 6.45) is 3.81. The lowest BCUT2D eigenvalue weighted by atomic mass is 10.2. The normalized spacial score (nSPS) is 10.8. The lowest BCUT2D eigenvalue weighted by Crippen LogP contribution is -2.02. The molecule has 2 nitrogen and oxygen atoms in total. The highest BCUT2D eigenvalue weighted by molar-refractivity contribution is 6.31. The average molecular weight is 215 g/mol. The second-order valence-electron chi connectivity index (χ2n) is 2.80. The molecule has 0 aliphatic rings. The van der Waals surface area contributed by atoms with Crippen molar-refractivity contribution in [3.05, 3.63) is 35.1 Å². The van der Waals surface area contributed by atoms with E-state index in [1.165, 1.54) is 12.1 Å². The van der Waals surface area contributed by atoms with Crippen LogP contribution in [0, 0.1) is 5.82 Å². The van der Waals surface area contributed by atoms with Gasteiger partial charge in [0.25, 0.3) is 0 Å². The van der Waals surface area contributed by atoms with Crippen molar-refractivity contribution < 1.29 is 4.39 Å². The molecule has 0 saturated heterocycles. The van der Waals surface area contributed by atoms with Crippen LogP contribution in [0.2, 0.25) is 5.02 Å². The Labute approximate surface area is 87.6 Å². The highest BCUT2D eigenvalue weighted by atomic mass is 35.5. The van der Waals surface area contributed by atoms with Crippen molar-refractivity contribution in [2.24, 2.45) is 0 Å². The molecule has 0 heterocycles. The third-order valence-electron chi connectivity index (χ3n) is 1.74. The Bertz CT molecular complexity index is 350. The van der Waals surface area contributed by atoms with E-state index >= 15 is 0 Å². The summed E-state index contributed by atoms with van der Waals surface area (Å²) in [5.74, 6) is -0.469. The zero-order valence-electron chi connectivity index (χ0n) is 7.85. The van der Waals surface area contributed by atoms with Gasteiger partial charge in [-0.25, -0.2) is 4.39 Å². The first-order chi connectivity index (χ1) is 6.65. The Morgan fingerprint density at radius 2 is 2.29 bits per heavy atom. The minimum atomic E-state index is -0.469. The summed E-state index contributed by atoms with van der Waals surface area (Å²) in [6, 6.07) is 2.69. The Morgan fingerprint density at radius 3 is 2.93 bits per heavy atom. The van der Waals surface area contributed by atoms with Gasteiger partial charge in [-0.3, -0.25) is 0 Å². The minimum absolute atomic E-state index is 0.0408. The number of nitrogens with two attached hydrogens (primary N) is 1. The molecular formula is C10H12ClFN2. The monoisotopic (exact) mass is 214 g/mol. The van der Waals surface area contributed by atoms with Crippen LogP contribution in [-0.4, -0.2) is 6.54 Å². The Hall–Kier alpha value is -1.22. The van der Waals surface area contributed by atoms with Gasteiger partial charge in [0.15, 0.2) is 0 Å². The predicted octanol–water partition coefficient (Wildman–Crippen LogP) is 3.05. The smallest absolute Gasteiger partial charge is 0.143 e. The van der Waals surface area contributed by atoms with Crippen molar-refractivity contribution in [2.75, 3.05) is 17.6 Å². The fourth-order valence-electron chi connectivity index (χ4n) is 1.00. The molecule has 0 atom stereocenters. The van der Waals surface area contributed by atoms with Crippen LogP contribution in [0.5, 0.6) is 0 Å². The van der Waals surface area contributed by atoms with E-state index in [9.17, 15) is 4.39 Å². The number of halogens is 2. The van der Waals surface area contributed by atoms with Gasteiger partial charge in [0.2, 0.25) is 0 Å². The van der Waals surface area contributed by atoms with Gasteiger partial charge >= 0.3 is 0 Å². The number of hydrogen-bond acceptors (Lipinski definition) is 2. The largest absolute Gasteiger partial charge is 0.397 e. The molecule has 4 heteroatoms. The number of nitrogen functional groups attached to an aromatic ring is 1. The summed E-state index contributed by atoms with van der Waals surface area (Å²) in [7, 11) is 0. The van der Waals surface area contributed by atoms with E-state index in [1.807, 2.05) is 19.1 Å². The van der Waals surface area contributed by atoms with E-state index in [-0.39, 0.29) is 5.02 Å². The van der Waals surface area contributed by atoms with Crippen LogP contribution in [0.15, 0.2) is 24.3 Å². The molecular weight excluding hydrogens is 203 g/mol. The summed E-state index contributed by atoms with van der Waals surface area (Å²) >= 11 is 5.55. The third kappa shape index (κ3) is 2.64. The lowest BCUT2D eigenvalue weighted by molar-refractivity contribution is 0.629. The van der Waals surface area contributed by atoms with Crippen LogP contribution in [-0.2, 0) is 0 Å². The highest BCUT2D eigenvalue weighted by Crippen LogP contribution is 2.25. The van der Waals surface area contributed by atoms with Crippen LogP contribution >= 0.6 is 11.6 Å². The van der Waals surface area contributed by atoms with Crippen molar-refractivity contribution in [1.82, 2.24) is 0 Å². The number of hydrogen-bond donors (Lipinski definition) is 2. The van der Waals surface area contributed by atoms with Crippen molar-refractivity contribution in [2.45, 2.75) is 6.92 Å². The van der Waals surface area contributed by atoms with Gasteiger partial charge in [-0.05, 0) is 13.0 Å². The number of anilines is 2. The lowest BCUT2D eigenvalue weighted by Gasteiger charge is -2.07. The number of benzene rings is 1. The molecule has 1 rings (SSSR count). The quantitative estimate of drug-likeness (QED) is 0.600. The minimum Gasteiger partial charge on any atom is -0.397 e. The second-order valence-corrected chi connectivity index (χ2v) is 3.21. The van der Waals surface area contributed by atoms with E-state index in [0.29, 0.717) is 17.9 Å².